The van der Waals surface area contributed by atoms with Gasteiger partial charge in [-0.1, -0.05) is 12.1 Å². The van der Waals surface area contributed by atoms with Crippen molar-refractivity contribution in [1.82, 2.24) is 20.2 Å². The minimum absolute atomic E-state index is 0.357. The molecule has 120 valence electrons. The number of benzene rings is 1. The summed E-state index contributed by atoms with van der Waals surface area (Å²) in [6.45, 7) is 3.51. The topological polar surface area (TPSA) is 66.5 Å². The Labute approximate surface area is 130 Å². The van der Waals surface area contributed by atoms with Crippen molar-refractivity contribution in [3.63, 3.8) is 0 Å². The van der Waals surface area contributed by atoms with Crippen molar-refractivity contribution in [3.05, 3.63) is 47.4 Å². The van der Waals surface area contributed by atoms with Gasteiger partial charge in [0.2, 0.25) is 0 Å². The number of nitrogens with zero attached hydrogens (tertiary/aromatic N) is 3. The molecule has 0 aliphatic heterocycles. The molecule has 0 fully saturated rings. The summed E-state index contributed by atoms with van der Waals surface area (Å²) in [4.78, 5) is 8.51. The zero-order chi connectivity index (χ0) is 16.6. The average molecular weight is 321 g/mol. The molecule has 0 unspecified atom stereocenters. The third-order valence-electron chi connectivity index (χ3n) is 3.49. The number of rotatable bonds is 3. The number of alkyl halides is 3. The number of hydrogen-bond acceptors (Lipinski definition) is 4. The Morgan fingerprint density at radius 3 is 2.74 bits per heavy atom. The molecule has 1 aromatic carbocycles. The molecule has 2 aromatic heterocycles. The number of aromatic nitrogens is 4. The van der Waals surface area contributed by atoms with Crippen molar-refractivity contribution in [1.29, 1.82) is 0 Å². The molecule has 0 saturated heterocycles. The summed E-state index contributed by atoms with van der Waals surface area (Å²) in [5, 5.41) is 10.5. The minimum Gasteiger partial charge on any atom is -0.363 e. The van der Waals surface area contributed by atoms with Gasteiger partial charge in [-0.15, -0.1) is 0 Å². The van der Waals surface area contributed by atoms with Crippen LogP contribution in [0.4, 0.5) is 19.0 Å². The van der Waals surface area contributed by atoms with E-state index in [1.165, 1.54) is 6.07 Å². The predicted octanol–water partition coefficient (Wildman–Crippen LogP) is 3.85. The lowest BCUT2D eigenvalue weighted by atomic mass is 10.0. The Bertz CT molecular complexity index is 840. The fourth-order valence-corrected chi connectivity index (χ4v) is 2.33. The Balaban J connectivity index is 1.92. The number of H-pyrrole nitrogens is 1. The predicted molar refractivity (Wildman–Crippen MR) is 79.9 cm³/mol. The SMILES string of the molecule is Cc1nc(N[C@@H](C)c2cccc(C(F)(F)F)c2)c2cn[nH]c2n1. The molecule has 1 atom stereocenters. The quantitative estimate of drug-likeness (QED) is 0.769. The van der Waals surface area contributed by atoms with Crippen molar-refractivity contribution in [2.45, 2.75) is 26.1 Å². The molecular formula is C15H14F3N5. The Morgan fingerprint density at radius 2 is 2.00 bits per heavy atom. The maximum Gasteiger partial charge on any atom is 0.416 e. The van der Waals surface area contributed by atoms with Gasteiger partial charge in [-0.2, -0.15) is 18.3 Å². The van der Waals surface area contributed by atoms with Crippen LogP contribution >= 0.6 is 0 Å². The first-order valence-electron chi connectivity index (χ1n) is 6.96. The second-order valence-corrected chi connectivity index (χ2v) is 5.24. The summed E-state index contributed by atoms with van der Waals surface area (Å²) in [6.07, 6.45) is -2.78. The number of aromatic amines is 1. The molecular weight excluding hydrogens is 307 g/mol. The number of anilines is 1. The lowest BCUT2D eigenvalue weighted by Crippen LogP contribution is -2.11. The molecule has 5 nitrogen and oxygen atoms in total. The fraction of sp³-hybridized carbons (Fsp3) is 0.267. The maximum atomic E-state index is 12.8. The molecule has 0 radical (unpaired) electrons. The number of nitrogens with one attached hydrogen (secondary N) is 2. The van der Waals surface area contributed by atoms with Crippen LogP contribution in [0.5, 0.6) is 0 Å². The highest BCUT2D eigenvalue weighted by molar-refractivity contribution is 5.86. The molecule has 0 amide bonds. The van der Waals surface area contributed by atoms with E-state index in [0.717, 1.165) is 12.1 Å². The van der Waals surface area contributed by atoms with Gasteiger partial charge in [0.05, 0.1) is 17.1 Å². The summed E-state index contributed by atoms with van der Waals surface area (Å²) < 4.78 is 38.5. The largest absolute Gasteiger partial charge is 0.416 e. The Kier molecular flexibility index (Phi) is 3.67. The molecule has 0 aliphatic carbocycles. The molecule has 2 heterocycles. The van der Waals surface area contributed by atoms with E-state index in [9.17, 15) is 13.2 Å². The molecule has 3 aromatic rings. The maximum absolute atomic E-state index is 12.8. The first-order chi connectivity index (χ1) is 10.8. The molecule has 0 bridgehead atoms. The van der Waals surface area contributed by atoms with E-state index >= 15 is 0 Å². The average Bonchev–Trinajstić information content (AvgIpc) is 2.94. The highest BCUT2D eigenvalue weighted by atomic mass is 19.4. The van der Waals surface area contributed by atoms with E-state index in [1.807, 2.05) is 0 Å². The second kappa shape index (κ2) is 5.53. The summed E-state index contributed by atoms with van der Waals surface area (Å²) in [5.41, 5.74) is 0.431. The van der Waals surface area contributed by atoms with Crippen LogP contribution in [-0.2, 0) is 6.18 Å². The van der Waals surface area contributed by atoms with Crippen LogP contribution < -0.4 is 5.32 Å². The lowest BCUT2D eigenvalue weighted by molar-refractivity contribution is -0.137. The van der Waals surface area contributed by atoms with E-state index in [4.69, 9.17) is 0 Å². The van der Waals surface area contributed by atoms with Crippen LogP contribution in [0.1, 0.15) is 29.9 Å². The van der Waals surface area contributed by atoms with Gasteiger partial charge in [0.1, 0.15) is 11.6 Å². The van der Waals surface area contributed by atoms with E-state index in [0.29, 0.717) is 28.2 Å². The van der Waals surface area contributed by atoms with Gasteiger partial charge >= 0.3 is 6.18 Å². The molecule has 8 heteroatoms. The monoisotopic (exact) mass is 321 g/mol. The summed E-state index contributed by atoms with van der Waals surface area (Å²) in [6, 6.07) is 4.88. The molecule has 2 N–H and O–H groups in total. The summed E-state index contributed by atoms with van der Waals surface area (Å²) in [5.74, 6) is 1.08. The molecule has 0 aliphatic rings. The lowest BCUT2D eigenvalue weighted by Gasteiger charge is -2.17. The minimum atomic E-state index is -4.36. The highest BCUT2D eigenvalue weighted by Gasteiger charge is 2.30. The zero-order valence-electron chi connectivity index (χ0n) is 12.4. The number of halogens is 3. The van der Waals surface area contributed by atoms with Crippen LogP contribution in [0.3, 0.4) is 0 Å². The first-order valence-corrected chi connectivity index (χ1v) is 6.96. The fourth-order valence-electron chi connectivity index (χ4n) is 2.33. The Hall–Kier alpha value is -2.64. The summed E-state index contributed by atoms with van der Waals surface area (Å²) in [7, 11) is 0. The number of aryl methyl sites for hydroxylation is 1. The van der Waals surface area contributed by atoms with Crippen molar-refractivity contribution in [3.8, 4) is 0 Å². The van der Waals surface area contributed by atoms with Crippen molar-refractivity contribution in [2.24, 2.45) is 0 Å². The van der Waals surface area contributed by atoms with Crippen LogP contribution in [0, 0.1) is 6.92 Å². The van der Waals surface area contributed by atoms with Gasteiger partial charge in [-0.25, -0.2) is 9.97 Å². The molecule has 3 rings (SSSR count). The van der Waals surface area contributed by atoms with Crippen LogP contribution in [0.2, 0.25) is 0 Å². The number of hydrogen-bond donors (Lipinski definition) is 2. The van der Waals surface area contributed by atoms with Crippen LogP contribution in [0.25, 0.3) is 11.0 Å². The molecule has 23 heavy (non-hydrogen) atoms. The summed E-state index contributed by atoms with van der Waals surface area (Å²) >= 11 is 0. The van der Waals surface area contributed by atoms with Gasteiger partial charge in [0.15, 0.2) is 5.65 Å². The van der Waals surface area contributed by atoms with Gasteiger partial charge in [0, 0.05) is 6.04 Å². The Morgan fingerprint density at radius 1 is 1.22 bits per heavy atom. The van der Waals surface area contributed by atoms with Gasteiger partial charge < -0.3 is 5.32 Å². The van der Waals surface area contributed by atoms with Crippen LogP contribution in [-0.4, -0.2) is 20.2 Å². The third-order valence-corrected chi connectivity index (χ3v) is 3.49. The van der Waals surface area contributed by atoms with Gasteiger partial charge in [-0.3, -0.25) is 5.10 Å². The van der Waals surface area contributed by atoms with E-state index in [2.05, 4.69) is 25.5 Å². The smallest absolute Gasteiger partial charge is 0.363 e. The first kappa shape index (κ1) is 15.3. The second-order valence-electron chi connectivity index (χ2n) is 5.24. The van der Waals surface area contributed by atoms with E-state index in [-0.39, 0.29) is 6.04 Å². The van der Waals surface area contributed by atoms with E-state index < -0.39 is 11.7 Å². The van der Waals surface area contributed by atoms with Crippen LogP contribution in [0.15, 0.2) is 30.5 Å². The highest BCUT2D eigenvalue weighted by Crippen LogP contribution is 2.31. The molecule has 0 spiro atoms. The van der Waals surface area contributed by atoms with E-state index in [1.54, 1.807) is 26.1 Å². The number of fused-ring (bicyclic) bond motifs is 1. The standard InChI is InChI=1S/C15H14F3N5/c1-8(10-4-3-5-11(6-10)15(16,17)18)20-13-12-7-19-23-14(12)22-9(2)21-13/h3-8H,1-2H3,(H2,19,20,21,22,23)/t8-/m0/s1. The third kappa shape index (κ3) is 3.10. The van der Waals surface area contributed by atoms with Crippen molar-refractivity contribution in [2.75, 3.05) is 5.32 Å². The zero-order valence-corrected chi connectivity index (χ0v) is 12.4. The van der Waals surface area contributed by atoms with Gasteiger partial charge in [-0.05, 0) is 31.5 Å². The normalized spacial score (nSPS) is 13.3. The van der Waals surface area contributed by atoms with Crippen molar-refractivity contribution >= 4 is 16.9 Å². The molecule has 0 saturated carbocycles. The van der Waals surface area contributed by atoms with Gasteiger partial charge in [0.25, 0.3) is 0 Å². The van der Waals surface area contributed by atoms with Crippen molar-refractivity contribution < 1.29 is 13.2 Å².